The van der Waals surface area contributed by atoms with E-state index in [4.69, 9.17) is 14.0 Å². The van der Waals surface area contributed by atoms with Gasteiger partial charge in [0.05, 0.1) is 36.9 Å². The molecule has 0 bridgehead atoms. The molecule has 1 saturated heterocycles. The summed E-state index contributed by atoms with van der Waals surface area (Å²) in [5, 5.41) is 6.58. The van der Waals surface area contributed by atoms with Gasteiger partial charge in [0.1, 0.15) is 18.2 Å². The Kier molecular flexibility index (Phi) is 8.96. The zero-order chi connectivity index (χ0) is 28.2. The highest BCUT2D eigenvalue weighted by Gasteiger charge is 2.40. The number of benzene rings is 2. The lowest BCUT2D eigenvalue weighted by Gasteiger charge is -2.41. The number of nitrogens with one attached hydrogen (secondary N) is 1. The monoisotopic (exact) mass is 580 g/mol. The summed E-state index contributed by atoms with van der Waals surface area (Å²) < 4.78 is 122. The van der Waals surface area contributed by atoms with E-state index in [9.17, 15) is 35.3 Å². The molecule has 2 aromatic carbocycles. The Morgan fingerprint density at radius 1 is 1.08 bits per heavy atom. The number of morpholine rings is 1. The van der Waals surface area contributed by atoms with E-state index in [1.54, 1.807) is 0 Å². The molecule has 210 valence electrons. The van der Waals surface area contributed by atoms with Crippen molar-refractivity contribution in [3.05, 3.63) is 82.7 Å². The van der Waals surface area contributed by atoms with Crippen LogP contribution in [0.2, 0.25) is 0 Å². The number of aromatic nitrogens is 3. The Balaban J connectivity index is 1.73. The third kappa shape index (κ3) is 7.37. The molecule has 1 N–H and O–H groups in total. The largest absolute Gasteiger partial charge is 0.416 e. The maximum atomic E-state index is 13.7. The number of aromatic amines is 1. The summed E-state index contributed by atoms with van der Waals surface area (Å²) in [7, 11) is -0.871. The van der Waals surface area contributed by atoms with Gasteiger partial charge >= 0.3 is 21.0 Å². The smallest absolute Gasteiger partial charge is 0.349 e. The van der Waals surface area contributed by atoms with Crippen LogP contribution < -0.4 is 0 Å². The van der Waals surface area contributed by atoms with Crippen LogP contribution in [0, 0.1) is 5.82 Å². The molecule has 16 heteroatoms. The molecule has 0 spiro atoms. The second-order valence-corrected chi connectivity index (χ2v) is 8.86. The average molecular weight is 580 g/mol. The van der Waals surface area contributed by atoms with Crippen LogP contribution in [-0.2, 0) is 37.5 Å². The van der Waals surface area contributed by atoms with Crippen LogP contribution in [0.3, 0.4) is 0 Å². The normalized spacial score (nSPS) is 19.9. The summed E-state index contributed by atoms with van der Waals surface area (Å²) in [4.78, 5) is 5.88. The van der Waals surface area contributed by atoms with Crippen molar-refractivity contribution < 1.29 is 49.3 Å². The van der Waals surface area contributed by atoms with Crippen LogP contribution in [0.25, 0.3) is 0 Å². The van der Waals surface area contributed by atoms with E-state index in [1.807, 2.05) is 4.90 Å². The first-order valence-corrected chi connectivity index (χ1v) is 12.0. The van der Waals surface area contributed by atoms with Crippen molar-refractivity contribution in [3.63, 3.8) is 0 Å². The third-order valence-corrected chi connectivity index (χ3v) is 6.15. The number of alkyl halides is 6. The van der Waals surface area contributed by atoms with E-state index in [0.29, 0.717) is 30.1 Å². The first kappa shape index (κ1) is 29.0. The number of halogens is 7. The fraction of sp³-hybridized carbons (Fsp3) is 0.391. The van der Waals surface area contributed by atoms with Crippen LogP contribution in [0.4, 0.5) is 30.7 Å². The quantitative estimate of drug-likeness (QED) is 0.251. The maximum absolute atomic E-state index is 13.7. The zero-order valence-corrected chi connectivity index (χ0v) is 20.6. The summed E-state index contributed by atoms with van der Waals surface area (Å²) in [5.41, 5.74) is -3.13. The zero-order valence-electron chi connectivity index (χ0n) is 19.7. The highest BCUT2D eigenvalue weighted by atomic mass is 31.1. The molecular formula is C23H20F7N4O4P. The molecule has 3 atom stereocenters. The second-order valence-electron chi connectivity index (χ2n) is 8.46. The Morgan fingerprint density at radius 3 is 2.31 bits per heavy atom. The Labute approximate surface area is 218 Å². The lowest BCUT2D eigenvalue weighted by atomic mass is 10.00. The maximum Gasteiger partial charge on any atom is 0.416 e. The molecule has 0 aliphatic carbocycles. The molecule has 0 saturated carbocycles. The molecule has 2 heterocycles. The number of hydrogen-bond acceptors (Lipinski definition) is 7. The highest BCUT2D eigenvalue weighted by molar-refractivity contribution is 7.17. The molecule has 3 aromatic rings. The number of rotatable bonds is 9. The first-order chi connectivity index (χ1) is 18.5. The van der Waals surface area contributed by atoms with E-state index in [1.165, 1.54) is 30.6 Å². The molecule has 39 heavy (non-hydrogen) atoms. The van der Waals surface area contributed by atoms with E-state index in [0.717, 1.165) is 0 Å². The Hall–Kier alpha value is -2.97. The van der Waals surface area contributed by atoms with Gasteiger partial charge in [0.2, 0.25) is 0 Å². The molecular weight excluding hydrogens is 560 g/mol. The van der Waals surface area contributed by atoms with Crippen molar-refractivity contribution in [2.75, 3.05) is 19.8 Å². The molecule has 1 aliphatic rings. The van der Waals surface area contributed by atoms with Crippen LogP contribution in [0.5, 0.6) is 0 Å². The SMILES string of the molecule is O=POC[C@@H](OC1OCCN(Cc2nc[nH]n2)C1c1ccc(F)cc1)c1cc(C(F)(F)F)cc(C(F)(F)F)c1. The topological polar surface area (TPSA) is 89.6 Å². The number of H-pyrrole nitrogens is 1. The van der Waals surface area contributed by atoms with Gasteiger partial charge in [-0.25, -0.2) is 13.9 Å². The van der Waals surface area contributed by atoms with Gasteiger partial charge in [-0.05, 0) is 41.5 Å². The highest BCUT2D eigenvalue weighted by Crippen LogP contribution is 2.40. The van der Waals surface area contributed by atoms with E-state index >= 15 is 0 Å². The predicted octanol–water partition coefficient (Wildman–Crippen LogP) is 5.86. The van der Waals surface area contributed by atoms with Crippen LogP contribution in [0.15, 0.2) is 48.8 Å². The molecule has 4 rings (SSSR count). The summed E-state index contributed by atoms with van der Waals surface area (Å²) in [6, 6.07) is 5.46. The van der Waals surface area contributed by atoms with Crippen molar-refractivity contribution in [1.82, 2.24) is 20.1 Å². The van der Waals surface area contributed by atoms with Crippen LogP contribution >= 0.6 is 8.69 Å². The van der Waals surface area contributed by atoms with E-state index in [2.05, 4.69) is 15.2 Å². The van der Waals surface area contributed by atoms with Gasteiger partial charge in [-0.1, -0.05) is 12.1 Å². The number of nitrogens with zero attached hydrogens (tertiary/aromatic N) is 3. The lowest BCUT2D eigenvalue weighted by molar-refractivity contribution is -0.237. The first-order valence-electron chi connectivity index (χ1n) is 11.3. The molecule has 8 nitrogen and oxygen atoms in total. The van der Waals surface area contributed by atoms with Crippen molar-refractivity contribution in [3.8, 4) is 0 Å². The van der Waals surface area contributed by atoms with Gasteiger partial charge in [0.25, 0.3) is 0 Å². The molecule has 0 radical (unpaired) electrons. The predicted molar refractivity (Wildman–Crippen MR) is 120 cm³/mol. The van der Waals surface area contributed by atoms with Gasteiger partial charge in [0, 0.05) is 6.54 Å². The molecule has 0 amide bonds. The molecule has 1 aromatic heterocycles. The Bertz CT molecular complexity index is 1210. The van der Waals surface area contributed by atoms with Crippen molar-refractivity contribution in [2.45, 2.75) is 37.3 Å². The minimum absolute atomic E-state index is 0.00962. The summed E-state index contributed by atoms with van der Waals surface area (Å²) in [6.07, 6.45) is -11.7. The van der Waals surface area contributed by atoms with Gasteiger partial charge in [-0.2, -0.15) is 31.4 Å². The van der Waals surface area contributed by atoms with Crippen molar-refractivity contribution in [2.24, 2.45) is 0 Å². The van der Waals surface area contributed by atoms with E-state index < -0.39 is 68.6 Å². The second kappa shape index (κ2) is 12.0. The van der Waals surface area contributed by atoms with Crippen LogP contribution in [-0.4, -0.2) is 46.1 Å². The fourth-order valence-corrected chi connectivity index (χ4v) is 4.34. The minimum Gasteiger partial charge on any atom is -0.349 e. The fourth-order valence-electron chi connectivity index (χ4n) is 4.14. The van der Waals surface area contributed by atoms with Crippen LogP contribution in [0.1, 0.15) is 40.2 Å². The van der Waals surface area contributed by atoms with E-state index in [-0.39, 0.29) is 19.2 Å². The van der Waals surface area contributed by atoms with Gasteiger partial charge in [0.15, 0.2) is 12.1 Å². The van der Waals surface area contributed by atoms with Gasteiger partial charge in [-0.15, -0.1) is 0 Å². The summed E-state index contributed by atoms with van der Waals surface area (Å²) in [6.45, 7) is -0.118. The third-order valence-electron chi connectivity index (χ3n) is 5.89. The van der Waals surface area contributed by atoms with Crippen molar-refractivity contribution in [1.29, 1.82) is 0 Å². The lowest BCUT2D eigenvalue weighted by Crippen LogP contribution is -2.46. The minimum atomic E-state index is -5.09. The molecule has 2 unspecified atom stereocenters. The summed E-state index contributed by atoms with van der Waals surface area (Å²) >= 11 is 0. The van der Waals surface area contributed by atoms with Gasteiger partial charge in [-0.3, -0.25) is 14.5 Å². The van der Waals surface area contributed by atoms with Gasteiger partial charge < -0.3 is 9.47 Å². The standard InChI is InChI=1S/C23H20F7N4O4P/c24-17-3-1-13(2-4-17)20-21(36-6-5-34(20)10-19-31-12-32-33-19)38-18(11-37-39-35)14-7-15(22(25,26)27)9-16(8-14)23(28,29)30/h1-4,7-9,12,18,20-21H,5-6,10-11H2,(H,31,32,33)/t18-,20?,21?/m1/s1. The summed E-state index contributed by atoms with van der Waals surface area (Å²) in [5.74, 6) is -0.140. The van der Waals surface area contributed by atoms with Crippen molar-refractivity contribution >= 4 is 8.69 Å². The molecule has 1 fully saturated rings. The average Bonchev–Trinajstić information content (AvgIpc) is 3.39. The number of ether oxygens (including phenoxy) is 2. The Morgan fingerprint density at radius 2 is 1.74 bits per heavy atom. The molecule has 1 aliphatic heterocycles. The number of hydrogen-bond donors (Lipinski definition) is 1.